The fraction of sp³-hybridized carbons (Fsp3) is 0.143. The predicted octanol–water partition coefficient (Wildman–Crippen LogP) is 1.14. The summed E-state index contributed by atoms with van der Waals surface area (Å²) in [6.45, 7) is 20.0. The largest absolute Gasteiger partial charge is 0.0499 e. The van der Waals surface area contributed by atoms with E-state index >= 15 is 0 Å². The van der Waals surface area contributed by atoms with Gasteiger partial charge in [0.2, 0.25) is 0 Å². The Morgan fingerprint density at radius 3 is 1.06 bits per heavy atom. The molecule has 0 rings (SSSR count). The minimum atomic E-state index is -5.84. The van der Waals surface area contributed by atoms with Crippen LogP contribution in [0, 0.1) is 40.2 Å². The SMILES string of the molecule is O=S(=O)(O)C(F)(F)F.[C-]#[O+].[C-]#[O+].[C-]#[O+].[CH2][CH][CH2].[Ru]. The molecule has 0 aromatic heterocycles. The molecule has 11 heteroatoms. The summed E-state index contributed by atoms with van der Waals surface area (Å²) in [7, 11) is -5.84. The summed E-state index contributed by atoms with van der Waals surface area (Å²) < 4.78 is 80.0. The van der Waals surface area contributed by atoms with E-state index in [2.05, 4.69) is 33.8 Å². The normalized spacial score (nSPS) is 7.56. The Hall–Kier alpha value is -0.457. The van der Waals surface area contributed by atoms with Crippen LogP contribution in [0.3, 0.4) is 0 Å². The smallest absolute Gasteiger partial charge is 0 e. The summed E-state index contributed by atoms with van der Waals surface area (Å²) in [6.07, 6.45) is 1.50. The summed E-state index contributed by atoms with van der Waals surface area (Å²) in [5.41, 5.74) is -5.53. The molecular weight excluding hydrogens is 370 g/mol. The minimum absolute atomic E-state index is 0. The van der Waals surface area contributed by atoms with Crippen molar-refractivity contribution in [2.45, 2.75) is 5.51 Å². The molecule has 0 saturated heterocycles. The van der Waals surface area contributed by atoms with Crippen LogP contribution in [0.4, 0.5) is 13.2 Å². The van der Waals surface area contributed by atoms with Crippen LogP contribution in [0.15, 0.2) is 0 Å². The fourth-order valence-corrected chi connectivity index (χ4v) is 0. The van der Waals surface area contributed by atoms with Gasteiger partial charge < -0.3 is 0 Å². The van der Waals surface area contributed by atoms with E-state index in [4.69, 9.17) is 26.9 Å². The Morgan fingerprint density at radius 2 is 1.06 bits per heavy atom. The van der Waals surface area contributed by atoms with Crippen molar-refractivity contribution in [2.75, 3.05) is 0 Å². The summed E-state index contributed by atoms with van der Waals surface area (Å²) in [5, 5.41) is 0. The van der Waals surface area contributed by atoms with Gasteiger partial charge in [-0.2, -0.15) is 21.6 Å². The van der Waals surface area contributed by atoms with Gasteiger partial charge in [-0.3, -0.25) is 4.55 Å². The third-order valence-corrected chi connectivity index (χ3v) is 0.877. The summed E-state index contributed by atoms with van der Waals surface area (Å²) >= 11 is 0. The summed E-state index contributed by atoms with van der Waals surface area (Å²) in [4.78, 5) is 0. The quantitative estimate of drug-likeness (QED) is 0.225. The Kier molecular flexibility index (Phi) is 50.9. The Morgan fingerprint density at radius 1 is 1.00 bits per heavy atom. The van der Waals surface area contributed by atoms with Gasteiger partial charge in [-0.15, -0.1) is 0 Å². The maximum Gasteiger partial charge on any atom is 0 e. The van der Waals surface area contributed by atoms with Crippen molar-refractivity contribution in [2.24, 2.45) is 0 Å². The van der Waals surface area contributed by atoms with Gasteiger partial charge in [0, 0.05) is 19.5 Å². The molecule has 0 amide bonds. The standard InChI is InChI=1S/C3H5.CHF3O3S.3CO.Ru/c1-3-2;2-1(3,4)8(5,6)7;3*1-2;/h3H,1-2H2;(H,5,6,7);;;;. The zero-order chi connectivity index (χ0) is 15.7. The molecule has 105 valence electrons. The molecule has 18 heavy (non-hydrogen) atoms. The van der Waals surface area contributed by atoms with Crippen LogP contribution in [-0.2, 0) is 43.6 Å². The van der Waals surface area contributed by atoms with Crippen molar-refractivity contribution < 1.29 is 59.6 Å². The first kappa shape index (κ1) is 36.0. The Labute approximate surface area is 116 Å². The Bertz CT molecular complexity index is 278. The predicted molar refractivity (Wildman–Crippen MR) is 44.4 cm³/mol. The topological polar surface area (TPSA) is 114 Å². The van der Waals surface area contributed by atoms with Crippen LogP contribution in [0.25, 0.3) is 0 Å². The van der Waals surface area contributed by atoms with Crippen LogP contribution >= 0.6 is 0 Å². The second-order valence-electron chi connectivity index (χ2n) is 1.21. The summed E-state index contributed by atoms with van der Waals surface area (Å²) in [5.74, 6) is 0. The van der Waals surface area contributed by atoms with Gasteiger partial charge in [0.1, 0.15) is 0 Å². The molecule has 0 saturated carbocycles. The van der Waals surface area contributed by atoms with Crippen LogP contribution in [-0.4, -0.2) is 18.5 Å². The number of alkyl halides is 3. The molecule has 0 aromatic carbocycles. The van der Waals surface area contributed by atoms with E-state index in [-0.39, 0.29) is 19.5 Å². The molecule has 0 bridgehead atoms. The van der Waals surface area contributed by atoms with Crippen LogP contribution in [0.5, 0.6) is 0 Å². The van der Waals surface area contributed by atoms with E-state index in [1.165, 1.54) is 6.42 Å². The van der Waals surface area contributed by atoms with Crippen molar-refractivity contribution in [1.29, 1.82) is 0 Å². The second kappa shape index (κ2) is 25.4. The van der Waals surface area contributed by atoms with Crippen molar-refractivity contribution in [3.8, 4) is 0 Å². The van der Waals surface area contributed by atoms with Crippen molar-refractivity contribution in [3.05, 3.63) is 40.2 Å². The number of hydrogen-bond donors (Lipinski definition) is 1. The first-order chi connectivity index (χ1) is 7.66. The molecule has 0 atom stereocenters. The van der Waals surface area contributed by atoms with Gasteiger partial charge in [-0.25, -0.2) is 0 Å². The van der Waals surface area contributed by atoms with Crippen molar-refractivity contribution in [1.82, 2.24) is 0 Å². The maximum atomic E-state index is 10.7. The van der Waals surface area contributed by atoms with E-state index in [9.17, 15) is 13.2 Å². The fourth-order valence-electron chi connectivity index (χ4n) is 0. The molecule has 0 spiro atoms. The van der Waals surface area contributed by atoms with E-state index < -0.39 is 15.6 Å². The molecule has 0 heterocycles. The van der Waals surface area contributed by atoms with Crippen LogP contribution in [0.1, 0.15) is 0 Å². The van der Waals surface area contributed by atoms with Gasteiger partial charge in [-0.05, 0) is 20.3 Å². The van der Waals surface area contributed by atoms with Gasteiger partial charge >= 0.3 is 49.5 Å². The molecule has 0 aliphatic carbocycles. The minimum Gasteiger partial charge on any atom is -0.0499 e. The van der Waals surface area contributed by atoms with Gasteiger partial charge in [0.05, 0.1) is 0 Å². The zero-order valence-corrected chi connectivity index (χ0v) is 10.9. The van der Waals surface area contributed by atoms with E-state index in [0.29, 0.717) is 0 Å². The van der Waals surface area contributed by atoms with Crippen LogP contribution < -0.4 is 0 Å². The number of rotatable bonds is 0. The molecule has 0 aliphatic rings. The molecule has 0 fully saturated rings. The van der Waals surface area contributed by atoms with Gasteiger partial charge in [0.25, 0.3) is 0 Å². The molecule has 0 aromatic rings. The maximum absolute atomic E-state index is 10.7. The van der Waals surface area contributed by atoms with E-state index in [0.717, 1.165) is 0 Å². The summed E-state index contributed by atoms with van der Waals surface area (Å²) in [6, 6.07) is 0. The van der Waals surface area contributed by atoms with E-state index in [1.54, 1.807) is 0 Å². The molecule has 0 unspecified atom stereocenters. The number of halogens is 3. The third-order valence-electron chi connectivity index (χ3n) is 0.292. The van der Waals surface area contributed by atoms with Gasteiger partial charge in [0.15, 0.2) is 0 Å². The number of hydrogen-bond acceptors (Lipinski definition) is 2. The molecule has 6 nitrogen and oxygen atoms in total. The molecule has 0 aliphatic heterocycles. The third kappa shape index (κ3) is 45.0. The first-order valence-corrected chi connectivity index (χ1v) is 4.16. The average molecular weight is 376 g/mol. The second-order valence-corrected chi connectivity index (χ2v) is 2.62. The van der Waals surface area contributed by atoms with E-state index in [1.807, 2.05) is 0 Å². The first-order valence-electron chi connectivity index (χ1n) is 2.72. The van der Waals surface area contributed by atoms with Gasteiger partial charge in [-0.1, -0.05) is 0 Å². The Balaban J connectivity index is -0.0000000306. The van der Waals surface area contributed by atoms with Crippen LogP contribution in [0.2, 0.25) is 0 Å². The monoisotopic (exact) mass is 377 g/mol. The zero-order valence-electron chi connectivity index (χ0n) is 8.38. The molecular formula is C7H6F3O6RuS. The van der Waals surface area contributed by atoms with Crippen molar-refractivity contribution in [3.63, 3.8) is 0 Å². The molecule has 3 radical (unpaired) electrons. The average Bonchev–Trinajstić information content (AvgIpc) is 2.25. The molecule has 1 N–H and O–H groups in total. The van der Waals surface area contributed by atoms with Crippen molar-refractivity contribution >= 4 is 10.1 Å².